The zero-order chi connectivity index (χ0) is 20.3. The second-order valence-electron chi connectivity index (χ2n) is 10.5. The number of hydrogen-bond acceptors (Lipinski definition) is 3. The Hall–Kier alpha value is -0.770. The SMILES string of the molecule is CCNC(=O)OC(C)(C)C1(C)C(C)(C)N(C)C(C)(C)C(C)(C)C1(C)C. The van der Waals surface area contributed by atoms with Crippen molar-refractivity contribution in [3.8, 4) is 0 Å². The molecule has 0 aromatic carbocycles. The van der Waals surface area contributed by atoms with E-state index in [1.807, 2.05) is 6.92 Å². The summed E-state index contributed by atoms with van der Waals surface area (Å²) in [6.45, 7) is 27.5. The van der Waals surface area contributed by atoms with E-state index in [2.05, 4.69) is 93.4 Å². The van der Waals surface area contributed by atoms with Gasteiger partial charge in [0.1, 0.15) is 5.60 Å². The molecule has 4 heteroatoms. The van der Waals surface area contributed by atoms with E-state index in [1.165, 1.54) is 0 Å². The molecule has 4 nitrogen and oxygen atoms in total. The standard InChI is InChI=1S/C21H42N2O2/c1-14-22-15(24)25-20(10,11)21(12)17(4,5)16(2,3)18(6,7)23(13)19(21,8)9/h14H2,1-13H3,(H,22,24). The van der Waals surface area contributed by atoms with Crippen LogP contribution in [0.4, 0.5) is 4.79 Å². The maximum atomic E-state index is 12.3. The number of carbonyl (C=O) groups excluding carboxylic acids is 1. The molecule has 1 amide bonds. The molecule has 0 saturated carbocycles. The largest absolute Gasteiger partial charge is 0.443 e. The zero-order valence-electron chi connectivity index (χ0n) is 19.0. The minimum absolute atomic E-state index is 0.0126. The molecular formula is C21H42N2O2. The number of hydrogen-bond donors (Lipinski definition) is 1. The van der Waals surface area contributed by atoms with Gasteiger partial charge in [-0.15, -0.1) is 0 Å². The molecule has 1 unspecified atom stereocenters. The van der Waals surface area contributed by atoms with Crippen molar-refractivity contribution in [1.29, 1.82) is 0 Å². The topological polar surface area (TPSA) is 41.6 Å². The molecule has 1 heterocycles. The number of carbonyl (C=O) groups is 1. The lowest BCUT2D eigenvalue weighted by Gasteiger charge is -2.76. The Morgan fingerprint density at radius 1 is 0.920 bits per heavy atom. The Balaban J connectivity index is 3.65. The molecule has 0 bridgehead atoms. The second kappa shape index (κ2) is 5.87. The van der Waals surface area contributed by atoms with Crippen molar-refractivity contribution in [2.45, 2.75) is 99.8 Å². The van der Waals surface area contributed by atoms with Gasteiger partial charge in [-0.3, -0.25) is 4.90 Å². The van der Waals surface area contributed by atoms with Crippen LogP contribution in [-0.2, 0) is 4.74 Å². The highest BCUT2D eigenvalue weighted by Gasteiger charge is 2.73. The molecule has 0 spiro atoms. The molecule has 1 N–H and O–H groups in total. The molecule has 25 heavy (non-hydrogen) atoms. The average molecular weight is 355 g/mol. The first-order valence-electron chi connectivity index (χ1n) is 9.57. The maximum Gasteiger partial charge on any atom is 0.407 e. The first-order valence-corrected chi connectivity index (χ1v) is 9.57. The molecule has 0 aromatic heterocycles. The molecule has 1 atom stereocenters. The van der Waals surface area contributed by atoms with Crippen molar-refractivity contribution in [3.63, 3.8) is 0 Å². The highest BCUT2D eigenvalue weighted by Crippen LogP contribution is 2.70. The van der Waals surface area contributed by atoms with Gasteiger partial charge in [-0.25, -0.2) is 4.79 Å². The van der Waals surface area contributed by atoms with Crippen LogP contribution in [0, 0.1) is 16.2 Å². The predicted molar refractivity (Wildman–Crippen MR) is 106 cm³/mol. The van der Waals surface area contributed by atoms with E-state index >= 15 is 0 Å². The number of piperidine rings is 1. The normalized spacial score (nSPS) is 30.6. The second-order valence-corrected chi connectivity index (χ2v) is 10.5. The average Bonchev–Trinajstić information content (AvgIpc) is 2.42. The summed E-state index contributed by atoms with van der Waals surface area (Å²) in [5.41, 5.74) is -1.27. The third kappa shape index (κ3) is 2.54. The van der Waals surface area contributed by atoms with Crippen LogP contribution in [0.5, 0.6) is 0 Å². The monoisotopic (exact) mass is 354 g/mol. The number of likely N-dealkylation sites (tertiary alicyclic amines) is 1. The summed E-state index contributed by atoms with van der Waals surface area (Å²) in [5.74, 6) is 0. The van der Waals surface area contributed by atoms with Crippen LogP contribution in [0.1, 0.15) is 83.1 Å². The van der Waals surface area contributed by atoms with E-state index in [9.17, 15) is 4.79 Å². The van der Waals surface area contributed by atoms with Crippen molar-refractivity contribution in [2.24, 2.45) is 16.2 Å². The summed E-state index contributed by atoms with van der Waals surface area (Å²) >= 11 is 0. The van der Waals surface area contributed by atoms with Crippen LogP contribution in [0.2, 0.25) is 0 Å². The lowest BCUT2D eigenvalue weighted by Crippen LogP contribution is -2.81. The predicted octanol–water partition coefficient (Wildman–Crippen LogP) is 5.07. The molecule has 0 aromatic rings. The summed E-state index contributed by atoms with van der Waals surface area (Å²) in [4.78, 5) is 14.8. The first kappa shape index (κ1) is 22.3. The number of nitrogens with one attached hydrogen (secondary N) is 1. The van der Waals surface area contributed by atoms with Crippen molar-refractivity contribution in [1.82, 2.24) is 10.2 Å². The third-order valence-corrected chi connectivity index (χ3v) is 9.12. The van der Waals surface area contributed by atoms with E-state index in [0.29, 0.717) is 6.54 Å². The number of rotatable bonds is 3. The van der Waals surface area contributed by atoms with Gasteiger partial charge in [0.2, 0.25) is 0 Å². The summed E-state index contributed by atoms with van der Waals surface area (Å²) in [5, 5.41) is 2.79. The molecule has 1 saturated heterocycles. The van der Waals surface area contributed by atoms with Crippen molar-refractivity contribution >= 4 is 6.09 Å². The van der Waals surface area contributed by atoms with Gasteiger partial charge in [0.15, 0.2) is 0 Å². The van der Waals surface area contributed by atoms with Crippen LogP contribution in [0.25, 0.3) is 0 Å². The molecular weight excluding hydrogens is 312 g/mol. The van der Waals surface area contributed by atoms with Gasteiger partial charge in [0.05, 0.1) is 0 Å². The highest BCUT2D eigenvalue weighted by molar-refractivity contribution is 5.67. The fourth-order valence-electron chi connectivity index (χ4n) is 5.61. The summed E-state index contributed by atoms with van der Waals surface area (Å²) in [6, 6.07) is 0. The van der Waals surface area contributed by atoms with Gasteiger partial charge in [0.25, 0.3) is 0 Å². The van der Waals surface area contributed by atoms with Crippen molar-refractivity contribution in [3.05, 3.63) is 0 Å². The van der Waals surface area contributed by atoms with Crippen molar-refractivity contribution < 1.29 is 9.53 Å². The van der Waals surface area contributed by atoms with Gasteiger partial charge >= 0.3 is 6.09 Å². The van der Waals surface area contributed by atoms with Gasteiger partial charge in [-0.05, 0) is 66.3 Å². The number of nitrogens with zero attached hydrogens (tertiary/aromatic N) is 1. The van der Waals surface area contributed by atoms with Crippen molar-refractivity contribution in [2.75, 3.05) is 13.6 Å². The minimum Gasteiger partial charge on any atom is -0.443 e. The number of ether oxygens (including phenoxy) is 1. The van der Waals surface area contributed by atoms with Crippen LogP contribution in [0.15, 0.2) is 0 Å². The maximum absolute atomic E-state index is 12.3. The molecule has 1 rings (SSSR count). The Kier molecular flexibility index (Phi) is 5.23. The summed E-state index contributed by atoms with van der Waals surface area (Å²) in [7, 11) is 2.21. The Morgan fingerprint density at radius 2 is 1.36 bits per heavy atom. The quantitative estimate of drug-likeness (QED) is 0.769. The molecule has 148 valence electrons. The van der Waals surface area contributed by atoms with Crippen LogP contribution in [0.3, 0.4) is 0 Å². The molecule has 0 aliphatic carbocycles. The fraction of sp³-hybridized carbons (Fsp3) is 0.952. The van der Waals surface area contributed by atoms with E-state index in [0.717, 1.165) is 0 Å². The van der Waals surface area contributed by atoms with E-state index in [-0.39, 0.29) is 33.4 Å². The van der Waals surface area contributed by atoms with Crippen LogP contribution in [-0.4, -0.2) is 41.3 Å². The summed E-state index contributed by atoms with van der Waals surface area (Å²) in [6.07, 6.45) is -0.342. The Bertz CT molecular complexity index is 532. The minimum atomic E-state index is -0.652. The van der Waals surface area contributed by atoms with E-state index < -0.39 is 5.60 Å². The fourth-order valence-corrected chi connectivity index (χ4v) is 5.61. The van der Waals surface area contributed by atoms with E-state index in [4.69, 9.17) is 4.74 Å². The lowest BCUT2D eigenvalue weighted by atomic mass is 9.37. The molecule has 0 radical (unpaired) electrons. The molecule has 1 fully saturated rings. The summed E-state index contributed by atoms with van der Waals surface area (Å²) < 4.78 is 6.03. The van der Waals surface area contributed by atoms with Gasteiger partial charge in [-0.2, -0.15) is 0 Å². The smallest absolute Gasteiger partial charge is 0.407 e. The van der Waals surface area contributed by atoms with Gasteiger partial charge < -0.3 is 10.1 Å². The first-order chi connectivity index (χ1) is 10.9. The number of alkyl carbamates (subject to hydrolysis) is 1. The Labute approximate surface area is 156 Å². The lowest BCUT2D eigenvalue weighted by molar-refractivity contribution is -0.294. The van der Waals surface area contributed by atoms with E-state index in [1.54, 1.807) is 0 Å². The number of amides is 1. The third-order valence-electron chi connectivity index (χ3n) is 9.12. The van der Waals surface area contributed by atoms with Gasteiger partial charge in [-0.1, -0.05) is 34.6 Å². The van der Waals surface area contributed by atoms with Crippen LogP contribution < -0.4 is 5.32 Å². The Morgan fingerprint density at radius 3 is 1.76 bits per heavy atom. The van der Waals surface area contributed by atoms with Crippen LogP contribution >= 0.6 is 0 Å². The van der Waals surface area contributed by atoms with Gasteiger partial charge in [0, 0.05) is 23.0 Å². The molecule has 1 aliphatic rings. The highest BCUT2D eigenvalue weighted by atomic mass is 16.6. The molecule has 1 aliphatic heterocycles. The zero-order valence-corrected chi connectivity index (χ0v) is 19.0.